The number of nitrogens with zero attached hydrogens (tertiary/aromatic N) is 1. The molecule has 0 aliphatic carbocycles. The summed E-state index contributed by atoms with van der Waals surface area (Å²) >= 11 is 0. The molecule has 1 aliphatic rings. The van der Waals surface area contributed by atoms with E-state index in [2.05, 4.69) is 5.32 Å². The van der Waals surface area contributed by atoms with E-state index >= 15 is 0 Å². The number of nitrogens with one attached hydrogen (secondary N) is 1. The number of benzene rings is 1. The van der Waals surface area contributed by atoms with Crippen molar-refractivity contribution in [1.29, 1.82) is 0 Å². The van der Waals surface area contributed by atoms with Crippen molar-refractivity contribution in [3.05, 3.63) is 35.4 Å². The van der Waals surface area contributed by atoms with Crippen molar-refractivity contribution in [2.45, 2.75) is 13.0 Å². The molecule has 0 radical (unpaired) electrons. The van der Waals surface area contributed by atoms with Gasteiger partial charge < -0.3 is 10.1 Å². The van der Waals surface area contributed by atoms with Gasteiger partial charge in [-0.3, -0.25) is 4.79 Å². The van der Waals surface area contributed by atoms with Gasteiger partial charge in [-0.1, -0.05) is 17.7 Å². The molecule has 0 saturated carbocycles. The van der Waals surface area contributed by atoms with Crippen molar-refractivity contribution >= 4 is 15.9 Å². The van der Waals surface area contributed by atoms with Gasteiger partial charge in [-0.2, -0.15) is 0 Å². The molecule has 0 spiro atoms. The molecule has 2 atom stereocenters. The summed E-state index contributed by atoms with van der Waals surface area (Å²) in [6, 6.07) is 6.96. The highest BCUT2D eigenvalue weighted by molar-refractivity contribution is 7.89. The number of amides is 1. The third-order valence-electron chi connectivity index (χ3n) is 3.81. The van der Waals surface area contributed by atoms with E-state index in [4.69, 9.17) is 4.74 Å². The largest absolute Gasteiger partial charge is 0.379 e. The smallest absolute Gasteiger partial charge is 0.251 e. The second-order valence-electron chi connectivity index (χ2n) is 5.80. The number of hydrogen-bond acceptors (Lipinski definition) is 4. The predicted octanol–water partition coefficient (Wildman–Crippen LogP) is 0.631. The van der Waals surface area contributed by atoms with Crippen LogP contribution in [0.2, 0.25) is 0 Å². The molecule has 0 bridgehead atoms. The van der Waals surface area contributed by atoms with Crippen molar-refractivity contribution in [3.8, 4) is 0 Å². The van der Waals surface area contributed by atoms with Crippen LogP contribution in [-0.2, 0) is 14.8 Å². The lowest BCUT2D eigenvalue weighted by Gasteiger charge is -2.21. The fourth-order valence-corrected chi connectivity index (χ4v) is 3.47. The zero-order valence-corrected chi connectivity index (χ0v) is 13.9. The fraction of sp³-hybridized carbons (Fsp3) is 0.533. The minimum absolute atomic E-state index is 0.0289. The van der Waals surface area contributed by atoms with Crippen LogP contribution in [-0.4, -0.2) is 57.7 Å². The second-order valence-corrected chi connectivity index (χ2v) is 8.03. The Morgan fingerprint density at radius 3 is 2.50 bits per heavy atom. The minimum atomic E-state index is -3.32. The van der Waals surface area contributed by atoms with Crippen molar-refractivity contribution < 1.29 is 17.9 Å². The quantitative estimate of drug-likeness (QED) is 0.861. The third kappa shape index (κ3) is 4.06. The van der Waals surface area contributed by atoms with Gasteiger partial charge in [-0.05, 0) is 19.1 Å². The molecule has 1 aromatic rings. The first kappa shape index (κ1) is 16.9. The summed E-state index contributed by atoms with van der Waals surface area (Å²) in [5, 5.41) is 2.88. The number of carbonyl (C=O) groups excluding carboxylic acids is 1. The van der Waals surface area contributed by atoms with Crippen LogP contribution in [0, 0.1) is 12.8 Å². The van der Waals surface area contributed by atoms with Gasteiger partial charge in [-0.15, -0.1) is 0 Å². The fourth-order valence-electron chi connectivity index (χ4n) is 2.30. The van der Waals surface area contributed by atoms with Crippen LogP contribution in [0.5, 0.6) is 0 Å². The van der Waals surface area contributed by atoms with Crippen LogP contribution in [0.1, 0.15) is 15.9 Å². The molecule has 1 aromatic carbocycles. The van der Waals surface area contributed by atoms with Gasteiger partial charge in [0, 0.05) is 25.6 Å². The van der Waals surface area contributed by atoms with Gasteiger partial charge in [0.2, 0.25) is 10.0 Å². The third-order valence-corrected chi connectivity index (χ3v) is 5.77. The van der Waals surface area contributed by atoms with Gasteiger partial charge in [0.05, 0.1) is 25.0 Å². The Bertz CT molecular complexity index is 625. The van der Waals surface area contributed by atoms with E-state index in [1.54, 1.807) is 12.1 Å². The SMILES string of the molecule is Cc1ccc(C(=O)N[C@H]2COC[C@H]2CS(=O)(=O)N(C)C)cc1. The Morgan fingerprint density at radius 1 is 1.27 bits per heavy atom. The van der Waals surface area contributed by atoms with Crippen LogP contribution in [0.25, 0.3) is 0 Å². The summed E-state index contributed by atoms with van der Waals surface area (Å²) in [5.74, 6) is -0.469. The number of rotatable bonds is 5. The van der Waals surface area contributed by atoms with Crippen molar-refractivity contribution in [2.75, 3.05) is 33.1 Å². The van der Waals surface area contributed by atoms with Gasteiger partial charge in [0.15, 0.2) is 0 Å². The van der Waals surface area contributed by atoms with Crippen LogP contribution in [0.3, 0.4) is 0 Å². The number of sulfonamides is 1. The molecule has 122 valence electrons. The highest BCUT2D eigenvalue weighted by Crippen LogP contribution is 2.18. The van der Waals surface area contributed by atoms with E-state index in [0.29, 0.717) is 18.8 Å². The Balaban J connectivity index is 2.02. The molecule has 2 rings (SSSR count). The van der Waals surface area contributed by atoms with Gasteiger partial charge in [-0.25, -0.2) is 12.7 Å². The Hall–Kier alpha value is -1.44. The van der Waals surface area contributed by atoms with Crippen molar-refractivity contribution in [3.63, 3.8) is 0 Å². The van der Waals surface area contributed by atoms with Gasteiger partial charge >= 0.3 is 0 Å². The summed E-state index contributed by atoms with van der Waals surface area (Å²) in [6.45, 7) is 2.63. The zero-order valence-electron chi connectivity index (χ0n) is 13.1. The molecule has 0 aromatic heterocycles. The lowest BCUT2D eigenvalue weighted by molar-refractivity contribution is 0.0926. The first-order valence-corrected chi connectivity index (χ1v) is 8.76. The lowest BCUT2D eigenvalue weighted by atomic mass is 10.1. The maximum Gasteiger partial charge on any atom is 0.251 e. The molecule has 22 heavy (non-hydrogen) atoms. The Morgan fingerprint density at radius 2 is 1.91 bits per heavy atom. The first-order chi connectivity index (χ1) is 10.3. The van der Waals surface area contributed by atoms with E-state index < -0.39 is 10.0 Å². The van der Waals surface area contributed by atoms with Crippen LogP contribution >= 0.6 is 0 Å². The molecule has 1 fully saturated rings. The maximum atomic E-state index is 12.2. The predicted molar refractivity (Wildman–Crippen MR) is 84.2 cm³/mol. The average Bonchev–Trinajstić information content (AvgIpc) is 2.85. The molecule has 1 N–H and O–H groups in total. The number of ether oxygens (including phenoxy) is 1. The van der Waals surface area contributed by atoms with E-state index in [0.717, 1.165) is 5.56 Å². The first-order valence-electron chi connectivity index (χ1n) is 7.15. The summed E-state index contributed by atoms with van der Waals surface area (Å²) < 4.78 is 30.5. The summed E-state index contributed by atoms with van der Waals surface area (Å²) in [5.41, 5.74) is 1.64. The highest BCUT2D eigenvalue weighted by Gasteiger charge is 2.34. The number of aryl methyl sites for hydroxylation is 1. The molecular weight excluding hydrogens is 304 g/mol. The summed E-state index contributed by atoms with van der Waals surface area (Å²) in [6.07, 6.45) is 0. The summed E-state index contributed by atoms with van der Waals surface area (Å²) in [7, 11) is -0.309. The molecule has 1 saturated heterocycles. The standard InChI is InChI=1S/C15H22N2O4S/c1-11-4-6-12(7-5-11)15(18)16-14-9-21-8-13(14)10-22(19,20)17(2)3/h4-7,13-14H,8-10H2,1-3H3,(H,16,18)/t13-,14-/m0/s1. The maximum absolute atomic E-state index is 12.2. The Kier molecular flexibility index (Phi) is 5.20. The molecule has 1 aliphatic heterocycles. The summed E-state index contributed by atoms with van der Waals surface area (Å²) in [4.78, 5) is 12.2. The second kappa shape index (κ2) is 6.76. The van der Waals surface area contributed by atoms with E-state index in [1.165, 1.54) is 18.4 Å². The molecule has 1 heterocycles. The van der Waals surface area contributed by atoms with Crippen molar-refractivity contribution in [1.82, 2.24) is 9.62 Å². The molecule has 0 unspecified atom stereocenters. The van der Waals surface area contributed by atoms with Gasteiger partial charge in [0.1, 0.15) is 0 Å². The normalized spacial score (nSPS) is 22.0. The van der Waals surface area contributed by atoms with Crippen LogP contribution < -0.4 is 5.32 Å². The van der Waals surface area contributed by atoms with E-state index in [9.17, 15) is 13.2 Å². The zero-order chi connectivity index (χ0) is 16.3. The Labute approximate surface area is 131 Å². The highest BCUT2D eigenvalue weighted by atomic mass is 32.2. The molecule has 6 nitrogen and oxygen atoms in total. The van der Waals surface area contributed by atoms with E-state index in [-0.39, 0.29) is 23.6 Å². The molecular formula is C15H22N2O4S. The number of hydrogen-bond donors (Lipinski definition) is 1. The number of carbonyl (C=O) groups is 1. The van der Waals surface area contributed by atoms with Crippen LogP contribution in [0.4, 0.5) is 0 Å². The van der Waals surface area contributed by atoms with Crippen LogP contribution in [0.15, 0.2) is 24.3 Å². The van der Waals surface area contributed by atoms with E-state index in [1.807, 2.05) is 19.1 Å². The molecule has 7 heteroatoms. The average molecular weight is 326 g/mol. The van der Waals surface area contributed by atoms with Gasteiger partial charge in [0.25, 0.3) is 5.91 Å². The topological polar surface area (TPSA) is 75.7 Å². The lowest BCUT2D eigenvalue weighted by Crippen LogP contribution is -2.43. The van der Waals surface area contributed by atoms with Crippen molar-refractivity contribution in [2.24, 2.45) is 5.92 Å². The monoisotopic (exact) mass is 326 g/mol. The molecule has 1 amide bonds. The minimum Gasteiger partial charge on any atom is -0.379 e.